The van der Waals surface area contributed by atoms with E-state index in [1.165, 1.54) is 0 Å². The highest BCUT2D eigenvalue weighted by Gasteiger charge is 2.11. The van der Waals surface area contributed by atoms with Crippen molar-refractivity contribution in [1.29, 1.82) is 0 Å². The van der Waals surface area contributed by atoms with Gasteiger partial charge in [-0.15, -0.1) is 0 Å². The summed E-state index contributed by atoms with van der Waals surface area (Å²) in [6, 6.07) is 6.52. The number of benzene rings is 1. The van der Waals surface area contributed by atoms with Crippen LogP contribution in [0.25, 0.3) is 0 Å². The van der Waals surface area contributed by atoms with Gasteiger partial charge in [0.05, 0.1) is 12.6 Å². The topological polar surface area (TPSA) is 69.6 Å². The van der Waals surface area contributed by atoms with Gasteiger partial charge < -0.3 is 15.5 Å². The first-order valence-electron chi connectivity index (χ1n) is 3.99. The van der Waals surface area contributed by atoms with Crippen LogP contribution in [-0.4, -0.2) is 22.9 Å². The fourth-order valence-corrected chi connectivity index (χ4v) is 1.34. The van der Waals surface area contributed by atoms with Crippen molar-refractivity contribution in [2.75, 3.05) is 6.61 Å². The number of hydrogen-bond acceptors (Lipinski definition) is 2. The zero-order chi connectivity index (χ0) is 10.6. The molecule has 0 saturated heterocycles. The lowest BCUT2D eigenvalue weighted by atomic mass is 10.1. The maximum atomic E-state index is 10.4. The maximum absolute atomic E-state index is 10.4. The molecule has 1 aromatic carbocycles. The Morgan fingerprint density at radius 2 is 2.00 bits per heavy atom. The van der Waals surface area contributed by atoms with Crippen LogP contribution < -0.4 is 5.32 Å². The molecule has 5 heteroatoms. The summed E-state index contributed by atoms with van der Waals surface area (Å²) in [5, 5.41) is 19.7. The molecule has 0 fully saturated rings. The van der Waals surface area contributed by atoms with Gasteiger partial charge in [0.15, 0.2) is 0 Å². The van der Waals surface area contributed by atoms with Crippen LogP contribution in [0.4, 0.5) is 4.79 Å². The number of amides is 1. The van der Waals surface area contributed by atoms with Gasteiger partial charge in [0.1, 0.15) is 0 Å². The molecule has 0 aromatic heterocycles. The Bertz CT molecular complexity index is 312. The molecule has 0 radical (unpaired) electrons. The van der Waals surface area contributed by atoms with Crippen LogP contribution in [0, 0.1) is 0 Å². The largest absolute Gasteiger partial charge is 0.465 e. The SMILES string of the molecule is O=C(O)N[C@@H](CO)c1ccc(Br)cc1. The van der Waals surface area contributed by atoms with Gasteiger partial charge in [0.25, 0.3) is 0 Å². The molecule has 76 valence electrons. The Morgan fingerprint density at radius 1 is 1.43 bits per heavy atom. The van der Waals surface area contributed by atoms with Crippen molar-refractivity contribution in [2.45, 2.75) is 6.04 Å². The van der Waals surface area contributed by atoms with Gasteiger partial charge in [-0.05, 0) is 17.7 Å². The summed E-state index contributed by atoms with van der Waals surface area (Å²) >= 11 is 3.27. The van der Waals surface area contributed by atoms with Crippen molar-refractivity contribution in [3.63, 3.8) is 0 Å². The molecule has 4 nitrogen and oxygen atoms in total. The highest BCUT2D eigenvalue weighted by molar-refractivity contribution is 9.10. The molecule has 1 rings (SSSR count). The van der Waals surface area contributed by atoms with E-state index in [4.69, 9.17) is 10.2 Å². The Morgan fingerprint density at radius 3 is 2.43 bits per heavy atom. The first-order chi connectivity index (χ1) is 6.63. The Hall–Kier alpha value is -1.07. The van der Waals surface area contributed by atoms with Crippen molar-refractivity contribution >= 4 is 22.0 Å². The second kappa shape index (κ2) is 4.97. The average Bonchev–Trinajstić information content (AvgIpc) is 2.15. The third-order valence-corrected chi connectivity index (χ3v) is 2.28. The molecule has 3 N–H and O–H groups in total. The van der Waals surface area contributed by atoms with Gasteiger partial charge in [-0.3, -0.25) is 0 Å². The Balaban J connectivity index is 2.78. The van der Waals surface area contributed by atoms with E-state index in [1.807, 2.05) is 0 Å². The van der Waals surface area contributed by atoms with Crippen molar-refractivity contribution in [1.82, 2.24) is 5.32 Å². The minimum Gasteiger partial charge on any atom is -0.465 e. The number of nitrogens with one attached hydrogen (secondary N) is 1. The van der Waals surface area contributed by atoms with E-state index in [0.717, 1.165) is 10.0 Å². The van der Waals surface area contributed by atoms with Crippen LogP contribution in [0.1, 0.15) is 11.6 Å². The zero-order valence-corrected chi connectivity index (χ0v) is 8.86. The van der Waals surface area contributed by atoms with Gasteiger partial charge in [-0.25, -0.2) is 4.79 Å². The van der Waals surface area contributed by atoms with Crippen LogP contribution >= 0.6 is 15.9 Å². The highest BCUT2D eigenvalue weighted by Crippen LogP contribution is 2.16. The minimum atomic E-state index is -1.15. The van der Waals surface area contributed by atoms with E-state index in [9.17, 15) is 4.79 Å². The van der Waals surface area contributed by atoms with Crippen LogP contribution in [0.3, 0.4) is 0 Å². The minimum absolute atomic E-state index is 0.256. The van der Waals surface area contributed by atoms with Crippen molar-refractivity contribution in [2.24, 2.45) is 0 Å². The summed E-state index contributed by atoms with van der Waals surface area (Å²) in [5.41, 5.74) is 0.734. The second-order valence-electron chi connectivity index (χ2n) is 2.74. The molecule has 0 aliphatic heterocycles. The summed E-state index contributed by atoms with van der Waals surface area (Å²) < 4.78 is 0.910. The quantitative estimate of drug-likeness (QED) is 0.775. The fourth-order valence-electron chi connectivity index (χ4n) is 1.08. The molecule has 0 saturated carbocycles. The summed E-state index contributed by atoms with van der Waals surface area (Å²) in [6.07, 6.45) is -1.15. The summed E-state index contributed by atoms with van der Waals surface area (Å²) in [5.74, 6) is 0. The third kappa shape index (κ3) is 3.01. The van der Waals surface area contributed by atoms with Gasteiger partial charge in [0.2, 0.25) is 0 Å². The fraction of sp³-hybridized carbons (Fsp3) is 0.222. The van der Waals surface area contributed by atoms with E-state index in [2.05, 4.69) is 21.2 Å². The molecular formula is C9H10BrNO3. The van der Waals surface area contributed by atoms with E-state index in [-0.39, 0.29) is 6.61 Å². The number of rotatable bonds is 3. The molecule has 0 aliphatic carbocycles. The Kier molecular flexibility index (Phi) is 3.91. The Labute approximate surface area is 89.7 Å². The van der Waals surface area contributed by atoms with E-state index >= 15 is 0 Å². The van der Waals surface area contributed by atoms with Crippen molar-refractivity contribution in [3.05, 3.63) is 34.3 Å². The lowest BCUT2D eigenvalue weighted by Gasteiger charge is -2.14. The maximum Gasteiger partial charge on any atom is 0.405 e. The normalized spacial score (nSPS) is 12.1. The van der Waals surface area contributed by atoms with Crippen LogP contribution in [0.15, 0.2) is 28.7 Å². The van der Waals surface area contributed by atoms with Crippen LogP contribution in [0.5, 0.6) is 0 Å². The van der Waals surface area contributed by atoms with Gasteiger partial charge in [-0.1, -0.05) is 28.1 Å². The predicted octanol–water partition coefficient (Wildman–Crippen LogP) is 1.75. The van der Waals surface area contributed by atoms with Gasteiger partial charge in [0, 0.05) is 4.47 Å². The molecular weight excluding hydrogens is 250 g/mol. The van der Waals surface area contributed by atoms with Crippen molar-refractivity contribution in [3.8, 4) is 0 Å². The van der Waals surface area contributed by atoms with E-state index in [0.29, 0.717) is 0 Å². The lowest BCUT2D eigenvalue weighted by molar-refractivity contribution is 0.177. The number of aliphatic hydroxyl groups is 1. The molecule has 14 heavy (non-hydrogen) atoms. The lowest BCUT2D eigenvalue weighted by Crippen LogP contribution is -2.29. The summed E-state index contributed by atoms with van der Waals surface area (Å²) in [6.45, 7) is -0.256. The third-order valence-electron chi connectivity index (χ3n) is 1.75. The van der Waals surface area contributed by atoms with Gasteiger partial charge >= 0.3 is 6.09 Å². The summed E-state index contributed by atoms with van der Waals surface area (Å²) in [7, 11) is 0. The number of aliphatic hydroxyl groups excluding tert-OH is 1. The zero-order valence-electron chi connectivity index (χ0n) is 7.27. The highest BCUT2D eigenvalue weighted by atomic mass is 79.9. The monoisotopic (exact) mass is 259 g/mol. The number of carboxylic acid groups (broad SMARTS) is 1. The summed E-state index contributed by atoms with van der Waals surface area (Å²) in [4.78, 5) is 10.4. The number of hydrogen-bond donors (Lipinski definition) is 3. The molecule has 0 spiro atoms. The second-order valence-corrected chi connectivity index (χ2v) is 3.65. The van der Waals surface area contributed by atoms with Gasteiger partial charge in [-0.2, -0.15) is 0 Å². The molecule has 0 unspecified atom stereocenters. The van der Waals surface area contributed by atoms with Crippen molar-refractivity contribution < 1.29 is 15.0 Å². The molecule has 0 bridgehead atoms. The smallest absolute Gasteiger partial charge is 0.405 e. The van der Waals surface area contributed by atoms with E-state index < -0.39 is 12.1 Å². The van der Waals surface area contributed by atoms with E-state index in [1.54, 1.807) is 24.3 Å². The molecule has 1 aromatic rings. The molecule has 0 heterocycles. The molecule has 1 amide bonds. The number of carbonyl (C=O) groups is 1. The average molecular weight is 260 g/mol. The predicted molar refractivity (Wildman–Crippen MR) is 55.1 cm³/mol. The molecule has 1 atom stereocenters. The van der Waals surface area contributed by atoms with Crippen LogP contribution in [0.2, 0.25) is 0 Å². The first kappa shape index (κ1) is 11.0. The molecule has 0 aliphatic rings. The first-order valence-corrected chi connectivity index (χ1v) is 4.78. The van der Waals surface area contributed by atoms with Crippen LogP contribution in [-0.2, 0) is 0 Å². The standard InChI is InChI=1S/C9H10BrNO3/c10-7-3-1-6(2-4-7)8(5-12)11-9(13)14/h1-4,8,11-12H,5H2,(H,13,14)/t8-/m0/s1. The number of halogens is 1.